The number of H-pyrrole nitrogens is 1. The van der Waals surface area contributed by atoms with E-state index in [1.165, 1.54) is 0 Å². The summed E-state index contributed by atoms with van der Waals surface area (Å²) in [5.74, 6) is 0.296. The Kier molecular flexibility index (Phi) is 7.29. The molecule has 37 heavy (non-hydrogen) atoms. The number of methoxy groups -OCH3 is 1. The largest absolute Gasteiger partial charge is 0.496 e. The van der Waals surface area contributed by atoms with E-state index < -0.39 is 21.2 Å². The molecular weight excluding hydrogens is 490 g/mol. The van der Waals surface area contributed by atoms with Gasteiger partial charge in [0, 0.05) is 54.0 Å². The van der Waals surface area contributed by atoms with Gasteiger partial charge in [-0.05, 0) is 74.9 Å². The molecule has 8 nitrogen and oxygen atoms in total. The van der Waals surface area contributed by atoms with Crippen LogP contribution in [0.15, 0.2) is 42.6 Å². The summed E-state index contributed by atoms with van der Waals surface area (Å²) >= 11 is 0. The fraction of sp³-hybridized carbons (Fsp3) is 0.464. The standard InChI is InChI=1S/C28H35N3O5S/c1-4-36-21-12-14-31(17-24-23-11-13-29-27(23)18(2)15-26(24)35-3)25(16-21)19-5-7-20(8-6-19)28(32)30-37(33,34)22-9-10-22/h5-8,11,13,15,21-22,25,29H,4,9-10,12,14,16-17H2,1-3H3,(H,30,32)/t21-,25-/m0/s1. The van der Waals surface area contributed by atoms with Crippen LogP contribution in [-0.2, 0) is 21.3 Å². The van der Waals surface area contributed by atoms with Gasteiger partial charge in [-0.1, -0.05) is 12.1 Å². The van der Waals surface area contributed by atoms with E-state index in [-0.39, 0.29) is 12.1 Å². The lowest BCUT2D eigenvalue weighted by Crippen LogP contribution is -2.39. The molecule has 2 aromatic carbocycles. The van der Waals surface area contributed by atoms with E-state index in [0.717, 1.165) is 52.7 Å². The maximum absolute atomic E-state index is 12.6. The van der Waals surface area contributed by atoms with Crippen LogP contribution in [0.2, 0.25) is 0 Å². The molecule has 0 unspecified atom stereocenters. The first-order valence-corrected chi connectivity index (χ1v) is 14.5. The molecule has 1 amide bonds. The van der Waals surface area contributed by atoms with Gasteiger partial charge in [-0.25, -0.2) is 13.1 Å². The third kappa shape index (κ3) is 5.39. The number of sulfonamides is 1. The Labute approximate surface area is 218 Å². The van der Waals surface area contributed by atoms with Crippen LogP contribution in [0, 0.1) is 6.92 Å². The maximum atomic E-state index is 12.6. The first kappa shape index (κ1) is 25.8. The van der Waals surface area contributed by atoms with Gasteiger partial charge in [-0.15, -0.1) is 0 Å². The minimum absolute atomic E-state index is 0.0811. The number of benzene rings is 2. The van der Waals surface area contributed by atoms with Crippen LogP contribution < -0.4 is 9.46 Å². The number of likely N-dealkylation sites (tertiary alicyclic amines) is 1. The Balaban J connectivity index is 1.41. The van der Waals surface area contributed by atoms with Crippen molar-refractivity contribution in [3.8, 4) is 5.75 Å². The number of nitrogens with one attached hydrogen (secondary N) is 2. The second-order valence-electron chi connectivity index (χ2n) is 10.0. The van der Waals surface area contributed by atoms with E-state index in [1.807, 2.05) is 25.3 Å². The SMILES string of the molecule is CCO[C@H]1CCN(Cc2c(OC)cc(C)c3[nH]ccc23)[C@H](c2ccc(C(=O)NS(=O)(=O)C3CC3)cc2)C1. The zero-order chi connectivity index (χ0) is 26.2. The van der Waals surface area contributed by atoms with Crippen molar-refractivity contribution in [3.63, 3.8) is 0 Å². The highest BCUT2D eigenvalue weighted by atomic mass is 32.2. The zero-order valence-electron chi connectivity index (χ0n) is 21.6. The Bertz CT molecular complexity index is 1380. The summed E-state index contributed by atoms with van der Waals surface area (Å²) in [5, 5.41) is 0.721. The van der Waals surface area contributed by atoms with E-state index in [9.17, 15) is 13.2 Å². The van der Waals surface area contributed by atoms with Crippen molar-refractivity contribution in [3.05, 3.63) is 64.8 Å². The quantitative estimate of drug-likeness (QED) is 0.428. The summed E-state index contributed by atoms with van der Waals surface area (Å²) in [5.41, 5.74) is 4.82. The topological polar surface area (TPSA) is 101 Å². The van der Waals surface area contributed by atoms with Crippen molar-refractivity contribution < 1.29 is 22.7 Å². The van der Waals surface area contributed by atoms with Gasteiger partial charge in [0.05, 0.1) is 18.5 Å². The van der Waals surface area contributed by atoms with Crippen LogP contribution in [0.3, 0.4) is 0 Å². The second-order valence-corrected chi connectivity index (χ2v) is 12.0. The third-order valence-electron chi connectivity index (χ3n) is 7.52. The van der Waals surface area contributed by atoms with E-state index in [4.69, 9.17) is 9.47 Å². The molecule has 9 heteroatoms. The molecule has 2 N–H and O–H groups in total. The van der Waals surface area contributed by atoms with Crippen molar-refractivity contribution in [1.29, 1.82) is 0 Å². The number of fused-ring (bicyclic) bond motifs is 1. The van der Waals surface area contributed by atoms with E-state index in [2.05, 4.69) is 33.7 Å². The van der Waals surface area contributed by atoms with Crippen LogP contribution in [-0.4, -0.2) is 55.8 Å². The summed E-state index contributed by atoms with van der Waals surface area (Å²) in [4.78, 5) is 18.4. The number of aryl methyl sites for hydroxylation is 1. The van der Waals surface area contributed by atoms with Gasteiger partial charge in [0.15, 0.2) is 0 Å². The van der Waals surface area contributed by atoms with Crippen molar-refractivity contribution in [2.24, 2.45) is 0 Å². The number of carbonyl (C=O) groups is 1. The predicted octanol–water partition coefficient (Wildman–Crippen LogP) is 4.45. The molecule has 198 valence electrons. The second kappa shape index (κ2) is 10.5. The average molecular weight is 526 g/mol. The average Bonchev–Trinajstić information content (AvgIpc) is 3.64. The van der Waals surface area contributed by atoms with Crippen LogP contribution in [0.25, 0.3) is 10.9 Å². The van der Waals surface area contributed by atoms with Crippen molar-refractivity contribution in [2.75, 3.05) is 20.3 Å². The smallest absolute Gasteiger partial charge is 0.264 e. The van der Waals surface area contributed by atoms with Crippen LogP contribution in [0.4, 0.5) is 0 Å². The lowest BCUT2D eigenvalue weighted by molar-refractivity contribution is -0.0138. The van der Waals surface area contributed by atoms with Crippen LogP contribution >= 0.6 is 0 Å². The highest BCUT2D eigenvalue weighted by molar-refractivity contribution is 7.91. The highest BCUT2D eigenvalue weighted by Gasteiger charge is 2.37. The Morgan fingerprint density at radius 3 is 2.59 bits per heavy atom. The van der Waals surface area contributed by atoms with Crippen molar-refractivity contribution >= 4 is 26.8 Å². The number of ether oxygens (including phenoxy) is 2. The molecule has 2 heterocycles. The molecule has 5 rings (SSSR count). The number of amides is 1. The van der Waals surface area contributed by atoms with Crippen LogP contribution in [0.1, 0.15) is 65.7 Å². The molecular formula is C28H35N3O5S. The van der Waals surface area contributed by atoms with E-state index >= 15 is 0 Å². The van der Waals surface area contributed by atoms with Gasteiger partial charge in [0.2, 0.25) is 10.0 Å². The van der Waals surface area contributed by atoms with Gasteiger partial charge < -0.3 is 14.5 Å². The molecule has 2 aliphatic rings. The summed E-state index contributed by atoms with van der Waals surface area (Å²) in [6.07, 6.45) is 5.12. The lowest BCUT2D eigenvalue weighted by atomic mass is 9.91. The fourth-order valence-electron chi connectivity index (χ4n) is 5.40. The van der Waals surface area contributed by atoms with E-state index in [0.29, 0.717) is 31.6 Å². The third-order valence-corrected chi connectivity index (χ3v) is 9.33. The number of hydrogen-bond acceptors (Lipinski definition) is 6. The highest BCUT2D eigenvalue weighted by Crippen LogP contribution is 2.38. The molecule has 1 saturated heterocycles. The van der Waals surface area contributed by atoms with Gasteiger partial charge in [-0.3, -0.25) is 9.69 Å². The number of piperidine rings is 1. The number of carbonyl (C=O) groups excluding carboxylic acids is 1. The molecule has 0 bridgehead atoms. The Morgan fingerprint density at radius 1 is 1.16 bits per heavy atom. The molecule has 2 fully saturated rings. The first-order valence-electron chi connectivity index (χ1n) is 13.0. The molecule has 1 aromatic heterocycles. The zero-order valence-corrected chi connectivity index (χ0v) is 22.4. The van der Waals surface area contributed by atoms with Crippen molar-refractivity contribution in [1.82, 2.24) is 14.6 Å². The van der Waals surface area contributed by atoms with Crippen molar-refractivity contribution in [2.45, 2.75) is 63.5 Å². The number of aromatic amines is 1. The number of rotatable bonds is 9. The lowest BCUT2D eigenvalue weighted by Gasteiger charge is -2.40. The minimum Gasteiger partial charge on any atom is -0.496 e. The molecule has 1 saturated carbocycles. The van der Waals surface area contributed by atoms with E-state index in [1.54, 1.807) is 19.2 Å². The van der Waals surface area contributed by atoms with Gasteiger partial charge >= 0.3 is 0 Å². The predicted molar refractivity (Wildman–Crippen MR) is 143 cm³/mol. The molecule has 0 radical (unpaired) electrons. The first-order chi connectivity index (χ1) is 17.8. The van der Waals surface area contributed by atoms with Gasteiger partial charge in [0.25, 0.3) is 5.91 Å². The number of aromatic nitrogens is 1. The Morgan fingerprint density at radius 2 is 1.92 bits per heavy atom. The summed E-state index contributed by atoms with van der Waals surface area (Å²) in [6.45, 7) is 6.34. The van der Waals surface area contributed by atoms with Crippen LogP contribution in [0.5, 0.6) is 5.75 Å². The summed E-state index contributed by atoms with van der Waals surface area (Å²) in [7, 11) is -1.87. The van der Waals surface area contributed by atoms with Gasteiger partial charge in [0.1, 0.15) is 5.75 Å². The normalized spacial score (nSPS) is 20.7. The van der Waals surface area contributed by atoms with Gasteiger partial charge in [-0.2, -0.15) is 0 Å². The number of hydrogen-bond donors (Lipinski definition) is 2. The molecule has 0 spiro atoms. The monoisotopic (exact) mass is 525 g/mol. The minimum atomic E-state index is -3.58. The molecule has 3 aromatic rings. The molecule has 1 aliphatic carbocycles. The summed E-state index contributed by atoms with van der Waals surface area (Å²) in [6, 6.07) is 11.6. The Hall–Kier alpha value is -2.88. The molecule has 2 atom stereocenters. The molecule has 1 aliphatic heterocycles. The number of nitrogens with zero attached hydrogens (tertiary/aromatic N) is 1. The fourth-order valence-corrected chi connectivity index (χ4v) is 6.69. The summed E-state index contributed by atoms with van der Waals surface area (Å²) < 4.78 is 38.4. The maximum Gasteiger partial charge on any atom is 0.264 e.